The maximum absolute atomic E-state index is 12.0. The Labute approximate surface area is 120 Å². The average molecular weight is 272 g/mol. The molecule has 0 bridgehead atoms. The number of rotatable bonds is 7. The van der Waals surface area contributed by atoms with E-state index in [1.165, 1.54) is 0 Å². The Balaban J connectivity index is 1.93. The fourth-order valence-corrected chi connectivity index (χ4v) is 2.39. The van der Waals surface area contributed by atoms with Crippen LogP contribution < -0.4 is 10.9 Å². The molecular formula is C17H24N2O. The molecule has 1 aromatic carbocycles. The van der Waals surface area contributed by atoms with E-state index < -0.39 is 0 Å². The highest BCUT2D eigenvalue weighted by atomic mass is 16.1. The third-order valence-corrected chi connectivity index (χ3v) is 3.44. The maximum atomic E-state index is 12.0. The summed E-state index contributed by atoms with van der Waals surface area (Å²) in [6.45, 7) is 7.31. The number of benzene rings is 1. The first kappa shape index (κ1) is 14.8. The van der Waals surface area contributed by atoms with E-state index >= 15 is 0 Å². The van der Waals surface area contributed by atoms with Gasteiger partial charge in [-0.05, 0) is 49.4 Å². The molecule has 0 spiro atoms. The van der Waals surface area contributed by atoms with E-state index in [0.717, 1.165) is 43.4 Å². The third kappa shape index (κ3) is 3.94. The zero-order valence-electron chi connectivity index (χ0n) is 12.4. The highest BCUT2D eigenvalue weighted by Gasteiger charge is 2.02. The van der Waals surface area contributed by atoms with Gasteiger partial charge in [0.2, 0.25) is 0 Å². The summed E-state index contributed by atoms with van der Waals surface area (Å²) in [7, 11) is 0. The molecule has 0 radical (unpaired) electrons. The molecule has 3 nitrogen and oxygen atoms in total. The summed E-state index contributed by atoms with van der Waals surface area (Å²) in [4.78, 5) is 12.0. The van der Waals surface area contributed by atoms with Crippen LogP contribution in [0.15, 0.2) is 41.2 Å². The normalized spacial score (nSPS) is 11.3. The molecule has 0 aliphatic heterocycles. The fourth-order valence-electron chi connectivity index (χ4n) is 2.39. The monoisotopic (exact) mass is 272 g/mol. The van der Waals surface area contributed by atoms with Crippen LogP contribution in [0.25, 0.3) is 10.9 Å². The standard InChI is InChI=1S/C17H24N2O/c1-14(2)13-18-11-5-6-12-19-16-8-4-3-7-15(16)9-10-17(19)20/h3-4,7-10,14,18H,5-6,11-13H2,1-2H3. The minimum absolute atomic E-state index is 0.0961. The molecule has 108 valence electrons. The van der Waals surface area contributed by atoms with Gasteiger partial charge < -0.3 is 9.88 Å². The smallest absolute Gasteiger partial charge is 0.251 e. The van der Waals surface area contributed by atoms with E-state index in [4.69, 9.17) is 0 Å². The van der Waals surface area contributed by atoms with Crippen LogP contribution in [-0.4, -0.2) is 17.7 Å². The van der Waals surface area contributed by atoms with Gasteiger partial charge in [-0.25, -0.2) is 0 Å². The number of nitrogens with zero attached hydrogens (tertiary/aromatic N) is 1. The highest BCUT2D eigenvalue weighted by Crippen LogP contribution is 2.11. The van der Waals surface area contributed by atoms with Crippen molar-refractivity contribution in [1.82, 2.24) is 9.88 Å². The Morgan fingerprint density at radius 1 is 1.10 bits per heavy atom. The lowest BCUT2D eigenvalue weighted by Crippen LogP contribution is -2.22. The van der Waals surface area contributed by atoms with Crippen molar-refractivity contribution in [2.24, 2.45) is 5.92 Å². The SMILES string of the molecule is CC(C)CNCCCCn1c(=O)ccc2ccccc21. The predicted molar refractivity (Wildman–Crippen MR) is 85.1 cm³/mol. The summed E-state index contributed by atoms with van der Waals surface area (Å²) >= 11 is 0. The molecule has 3 heteroatoms. The van der Waals surface area contributed by atoms with Gasteiger partial charge in [0.15, 0.2) is 0 Å². The molecule has 0 saturated carbocycles. The number of para-hydroxylation sites is 1. The van der Waals surface area contributed by atoms with Crippen molar-refractivity contribution >= 4 is 10.9 Å². The second kappa shape index (κ2) is 7.25. The number of unbranched alkanes of at least 4 members (excludes halogenated alkanes) is 1. The molecule has 0 aliphatic carbocycles. The van der Waals surface area contributed by atoms with Gasteiger partial charge in [-0.1, -0.05) is 32.0 Å². The largest absolute Gasteiger partial charge is 0.316 e. The Kier molecular flexibility index (Phi) is 5.36. The fraction of sp³-hybridized carbons (Fsp3) is 0.471. The van der Waals surface area contributed by atoms with Gasteiger partial charge in [-0.2, -0.15) is 0 Å². The van der Waals surface area contributed by atoms with Gasteiger partial charge >= 0.3 is 0 Å². The van der Waals surface area contributed by atoms with Crippen molar-refractivity contribution < 1.29 is 0 Å². The Bertz CT molecular complexity index is 601. The van der Waals surface area contributed by atoms with Crippen LogP contribution in [0.4, 0.5) is 0 Å². The van der Waals surface area contributed by atoms with Crippen LogP contribution >= 0.6 is 0 Å². The summed E-state index contributed by atoms with van der Waals surface area (Å²) < 4.78 is 1.89. The molecule has 20 heavy (non-hydrogen) atoms. The van der Waals surface area contributed by atoms with E-state index in [9.17, 15) is 4.79 Å². The summed E-state index contributed by atoms with van der Waals surface area (Å²) in [5.74, 6) is 0.690. The first-order valence-electron chi connectivity index (χ1n) is 7.48. The lowest BCUT2D eigenvalue weighted by molar-refractivity contribution is 0.519. The number of hydrogen-bond acceptors (Lipinski definition) is 2. The summed E-state index contributed by atoms with van der Waals surface area (Å²) in [6, 6.07) is 11.6. The molecule has 0 aliphatic rings. The van der Waals surface area contributed by atoms with E-state index in [1.807, 2.05) is 28.8 Å². The quantitative estimate of drug-likeness (QED) is 0.786. The predicted octanol–water partition coefficient (Wildman–Crippen LogP) is 3.03. The lowest BCUT2D eigenvalue weighted by atomic mass is 10.2. The van der Waals surface area contributed by atoms with Gasteiger partial charge in [0.25, 0.3) is 5.56 Å². The molecule has 1 heterocycles. The van der Waals surface area contributed by atoms with Gasteiger partial charge in [-0.3, -0.25) is 4.79 Å². The lowest BCUT2D eigenvalue weighted by Gasteiger charge is -2.10. The summed E-state index contributed by atoms with van der Waals surface area (Å²) in [5, 5.41) is 4.57. The zero-order valence-corrected chi connectivity index (χ0v) is 12.4. The summed E-state index contributed by atoms with van der Waals surface area (Å²) in [6.07, 6.45) is 2.13. The Morgan fingerprint density at radius 3 is 2.70 bits per heavy atom. The van der Waals surface area contributed by atoms with Crippen LogP contribution in [-0.2, 0) is 6.54 Å². The molecule has 1 N–H and O–H groups in total. The molecule has 2 rings (SSSR count). The van der Waals surface area contributed by atoms with Crippen LogP contribution in [0.3, 0.4) is 0 Å². The van der Waals surface area contributed by atoms with Crippen LogP contribution in [0, 0.1) is 5.92 Å². The number of pyridine rings is 1. The van der Waals surface area contributed by atoms with Gasteiger partial charge in [0.1, 0.15) is 0 Å². The number of nitrogens with one attached hydrogen (secondary N) is 1. The molecule has 0 atom stereocenters. The maximum Gasteiger partial charge on any atom is 0.251 e. The summed E-state index contributed by atoms with van der Waals surface area (Å²) in [5.41, 5.74) is 1.13. The van der Waals surface area contributed by atoms with Crippen molar-refractivity contribution in [2.75, 3.05) is 13.1 Å². The second-order valence-corrected chi connectivity index (χ2v) is 5.69. The van der Waals surface area contributed by atoms with Crippen molar-refractivity contribution in [3.05, 3.63) is 46.8 Å². The van der Waals surface area contributed by atoms with E-state index in [0.29, 0.717) is 5.92 Å². The van der Waals surface area contributed by atoms with Crippen molar-refractivity contribution in [1.29, 1.82) is 0 Å². The number of fused-ring (bicyclic) bond motifs is 1. The number of aromatic nitrogens is 1. The first-order chi connectivity index (χ1) is 9.68. The van der Waals surface area contributed by atoms with E-state index in [2.05, 4.69) is 25.2 Å². The van der Waals surface area contributed by atoms with Gasteiger partial charge in [0.05, 0.1) is 5.52 Å². The zero-order chi connectivity index (χ0) is 14.4. The topological polar surface area (TPSA) is 34.0 Å². The van der Waals surface area contributed by atoms with Gasteiger partial charge in [0, 0.05) is 12.6 Å². The van der Waals surface area contributed by atoms with Gasteiger partial charge in [-0.15, -0.1) is 0 Å². The number of aryl methyl sites for hydroxylation is 1. The molecule has 1 aromatic heterocycles. The van der Waals surface area contributed by atoms with Crippen LogP contribution in [0.2, 0.25) is 0 Å². The minimum atomic E-state index is 0.0961. The molecular weight excluding hydrogens is 248 g/mol. The highest BCUT2D eigenvalue weighted by molar-refractivity contribution is 5.78. The third-order valence-electron chi connectivity index (χ3n) is 3.44. The second-order valence-electron chi connectivity index (χ2n) is 5.69. The molecule has 0 fully saturated rings. The first-order valence-corrected chi connectivity index (χ1v) is 7.48. The van der Waals surface area contributed by atoms with Crippen LogP contribution in [0.5, 0.6) is 0 Å². The van der Waals surface area contributed by atoms with Crippen molar-refractivity contribution in [2.45, 2.75) is 33.2 Å². The Hall–Kier alpha value is -1.61. The molecule has 2 aromatic rings. The number of hydrogen-bond donors (Lipinski definition) is 1. The average Bonchev–Trinajstić information content (AvgIpc) is 2.44. The van der Waals surface area contributed by atoms with Crippen LogP contribution in [0.1, 0.15) is 26.7 Å². The molecule has 0 amide bonds. The minimum Gasteiger partial charge on any atom is -0.316 e. The Morgan fingerprint density at radius 2 is 1.90 bits per heavy atom. The molecule has 0 saturated heterocycles. The van der Waals surface area contributed by atoms with E-state index in [1.54, 1.807) is 6.07 Å². The van der Waals surface area contributed by atoms with Crippen molar-refractivity contribution in [3.8, 4) is 0 Å². The molecule has 0 unspecified atom stereocenters. The van der Waals surface area contributed by atoms with E-state index in [-0.39, 0.29) is 5.56 Å². The van der Waals surface area contributed by atoms with Crippen molar-refractivity contribution in [3.63, 3.8) is 0 Å².